The Kier molecular flexibility index (Phi) is 6.08. The highest BCUT2D eigenvalue weighted by atomic mass is 16.5. The number of nitrogens with one attached hydrogen (secondary N) is 2. The van der Waals surface area contributed by atoms with Gasteiger partial charge < -0.3 is 15.4 Å². The first kappa shape index (κ1) is 20.0. The number of carbonyl (C=O) groups is 1. The molecule has 0 aliphatic rings. The molecular formula is C23H20N6O2. The minimum absolute atomic E-state index is 0.155. The third-order valence-corrected chi connectivity index (χ3v) is 4.30. The van der Waals surface area contributed by atoms with E-state index in [9.17, 15) is 4.79 Å². The molecule has 154 valence electrons. The monoisotopic (exact) mass is 412 g/mol. The molecule has 0 unspecified atom stereocenters. The van der Waals surface area contributed by atoms with Crippen molar-refractivity contribution in [3.63, 3.8) is 0 Å². The average molecular weight is 412 g/mol. The fourth-order valence-corrected chi connectivity index (χ4v) is 2.84. The van der Waals surface area contributed by atoms with Crippen LogP contribution in [-0.4, -0.2) is 32.4 Å². The van der Waals surface area contributed by atoms with Crippen molar-refractivity contribution in [3.05, 3.63) is 84.9 Å². The van der Waals surface area contributed by atoms with Gasteiger partial charge in [-0.3, -0.25) is 9.78 Å². The maximum atomic E-state index is 12.4. The number of hydrogen-bond donors (Lipinski definition) is 2. The molecule has 0 spiro atoms. The van der Waals surface area contributed by atoms with E-state index in [2.05, 4.69) is 30.6 Å². The Hall–Kier alpha value is -4.33. The summed E-state index contributed by atoms with van der Waals surface area (Å²) in [4.78, 5) is 29.4. The van der Waals surface area contributed by atoms with Crippen LogP contribution in [0.5, 0.6) is 5.88 Å². The van der Waals surface area contributed by atoms with Crippen LogP contribution >= 0.6 is 0 Å². The Balaban J connectivity index is 1.49. The van der Waals surface area contributed by atoms with Crippen molar-refractivity contribution in [1.82, 2.24) is 19.9 Å². The van der Waals surface area contributed by atoms with E-state index < -0.39 is 0 Å². The summed E-state index contributed by atoms with van der Waals surface area (Å²) in [7, 11) is 0. The molecule has 4 aromatic rings. The fourth-order valence-electron chi connectivity index (χ4n) is 2.84. The van der Waals surface area contributed by atoms with Gasteiger partial charge in [-0.15, -0.1) is 0 Å². The third-order valence-electron chi connectivity index (χ3n) is 4.30. The quantitative estimate of drug-likeness (QED) is 0.473. The largest absolute Gasteiger partial charge is 0.468 e. The summed E-state index contributed by atoms with van der Waals surface area (Å²) in [5, 5.41) is 6.05. The Morgan fingerprint density at radius 2 is 1.90 bits per heavy atom. The molecule has 8 nitrogen and oxygen atoms in total. The number of carbonyl (C=O) groups excluding carboxylic acids is 1. The van der Waals surface area contributed by atoms with Crippen molar-refractivity contribution in [2.45, 2.75) is 6.92 Å². The SMILES string of the molecule is Cc1ccc(NC(=O)COc2ccccn2)c(Nc2nccc(-c3cccnc3)n2)c1. The summed E-state index contributed by atoms with van der Waals surface area (Å²) < 4.78 is 5.41. The van der Waals surface area contributed by atoms with Gasteiger partial charge in [0.1, 0.15) is 0 Å². The number of ether oxygens (including phenoxy) is 1. The van der Waals surface area contributed by atoms with Crippen LogP contribution in [0.25, 0.3) is 11.3 Å². The number of benzene rings is 1. The smallest absolute Gasteiger partial charge is 0.262 e. The van der Waals surface area contributed by atoms with Crippen molar-refractivity contribution in [2.75, 3.05) is 17.2 Å². The molecule has 0 saturated heterocycles. The zero-order chi connectivity index (χ0) is 21.5. The lowest BCUT2D eigenvalue weighted by molar-refractivity contribution is -0.118. The van der Waals surface area contributed by atoms with Crippen molar-refractivity contribution in [3.8, 4) is 17.1 Å². The lowest BCUT2D eigenvalue weighted by Crippen LogP contribution is -2.21. The standard InChI is InChI=1S/C23H20N6O2/c1-16-7-8-19(27-21(30)15-31-22-6-2-3-11-25-22)20(13-16)29-23-26-12-9-18(28-23)17-5-4-10-24-14-17/h2-14H,15H2,1H3,(H,27,30)(H,26,28,29). The second-order valence-electron chi connectivity index (χ2n) is 6.69. The topological polar surface area (TPSA) is 102 Å². The van der Waals surface area contributed by atoms with Gasteiger partial charge in [-0.25, -0.2) is 15.0 Å². The van der Waals surface area contributed by atoms with Crippen molar-refractivity contribution >= 4 is 23.2 Å². The summed E-state index contributed by atoms with van der Waals surface area (Å²) >= 11 is 0. The molecule has 3 aromatic heterocycles. The summed E-state index contributed by atoms with van der Waals surface area (Å²) in [6, 6.07) is 16.5. The lowest BCUT2D eigenvalue weighted by atomic mass is 10.2. The molecule has 0 fully saturated rings. The molecule has 1 aromatic carbocycles. The number of hydrogen-bond acceptors (Lipinski definition) is 7. The maximum Gasteiger partial charge on any atom is 0.262 e. The normalized spacial score (nSPS) is 10.4. The van der Waals surface area contributed by atoms with Crippen LogP contribution in [0.1, 0.15) is 5.56 Å². The molecule has 0 aliphatic heterocycles. The Morgan fingerprint density at radius 3 is 2.71 bits per heavy atom. The van der Waals surface area contributed by atoms with Crippen LogP contribution in [0.2, 0.25) is 0 Å². The van der Waals surface area contributed by atoms with E-state index >= 15 is 0 Å². The van der Waals surface area contributed by atoms with Gasteiger partial charge in [-0.2, -0.15) is 0 Å². The van der Waals surface area contributed by atoms with Gasteiger partial charge in [0.2, 0.25) is 11.8 Å². The van der Waals surface area contributed by atoms with Crippen molar-refractivity contribution in [2.24, 2.45) is 0 Å². The molecular weight excluding hydrogens is 392 g/mol. The molecule has 2 N–H and O–H groups in total. The van der Waals surface area contributed by atoms with E-state index in [0.29, 0.717) is 23.2 Å². The van der Waals surface area contributed by atoms with Crippen LogP contribution in [0.4, 0.5) is 17.3 Å². The van der Waals surface area contributed by atoms with Crippen LogP contribution in [0.3, 0.4) is 0 Å². The van der Waals surface area contributed by atoms with E-state index in [-0.39, 0.29) is 12.5 Å². The molecule has 0 atom stereocenters. The molecule has 0 radical (unpaired) electrons. The zero-order valence-corrected chi connectivity index (χ0v) is 16.8. The average Bonchev–Trinajstić information content (AvgIpc) is 2.81. The number of amides is 1. The molecule has 0 saturated carbocycles. The van der Waals surface area contributed by atoms with Gasteiger partial charge in [0.15, 0.2) is 6.61 Å². The van der Waals surface area contributed by atoms with Crippen molar-refractivity contribution in [1.29, 1.82) is 0 Å². The number of pyridine rings is 2. The Bertz CT molecular complexity index is 1170. The minimum Gasteiger partial charge on any atom is -0.468 e. The third kappa shape index (κ3) is 5.39. The number of aryl methyl sites for hydroxylation is 1. The summed E-state index contributed by atoms with van der Waals surface area (Å²) in [5.74, 6) is 0.496. The number of nitrogens with zero attached hydrogens (tertiary/aromatic N) is 4. The van der Waals surface area contributed by atoms with Crippen LogP contribution < -0.4 is 15.4 Å². The Labute approximate surface area is 179 Å². The number of rotatable bonds is 7. The highest BCUT2D eigenvalue weighted by Gasteiger charge is 2.11. The minimum atomic E-state index is -0.303. The number of anilines is 3. The molecule has 0 bridgehead atoms. The summed E-state index contributed by atoms with van der Waals surface area (Å²) in [6.07, 6.45) is 6.73. The molecule has 31 heavy (non-hydrogen) atoms. The number of aromatic nitrogens is 4. The van der Waals surface area contributed by atoms with Gasteiger partial charge in [-0.1, -0.05) is 12.1 Å². The lowest BCUT2D eigenvalue weighted by Gasteiger charge is -2.14. The van der Waals surface area contributed by atoms with E-state index in [1.165, 1.54) is 0 Å². The molecule has 4 rings (SSSR count). The van der Waals surface area contributed by atoms with Crippen LogP contribution in [-0.2, 0) is 4.79 Å². The first-order valence-electron chi connectivity index (χ1n) is 9.62. The zero-order valence-electron chi connectivity index (χ0n) is 16.8. The van der Waals surface area contributed by atoms with E-state index in [1.807, 2.05) is 43.3 Å². The predicted molar refractivity (Wildman–Crippen MR) is 118 cm³/mol. The van der Waals surface area contributed by atoms with Gasteiger partial charge >= 0.3 is 0 Å². The second-order valence-corrected chi connectivity index (χ2v) is 6.69. The van der Waals surface area contributed by atoms with E-state index in [4.69, 9.17) is 4.74 Å². The van der Waals surface area contributed by atoms with Crippen LogP contribution in [0, 0.1) is 6.92 Å². The molecule has 0 aliphatic carbocycles. The van der Waals surface area contributed by atoms with Gasteiger partial charge in [0.05, 0.1) is 17.1 Å². The Morgan fingerprint density at radius 1 is 0.968 bits per heavy atom. The predicted octanol–water partition coefficient (Wildman–Crippen LogP) is 4.00. The van der Waals surface area contributed by atoms with E-state index in [0.717, 1.165) is 16.8 Å². The second kappa shape index (κ2) is 9.45. The van der Waals surface area contributed by atoms with Gasteiger partial charge in [-0.05, 0) is 48.9 Å². The maximum absolute atomic E-state index is 12.4. The molecule has 1 amide bonds. The van der Waals surface area contributed by atoms with Gasteiger partial charge in [0.25, 0.3) is 5.91 Å². The molecule has 3 heterocycles. The van der Waals surface area contributed by atoms with Crippen molar-refractivity contribution < 1.29 is 9.53 Å². The summed E-state index contributed by atoms with van der Waals surface area (Å²) in [6.45, 7) is 1.81. The van der Waals surface area contributed by atoms with E-state index in [1.54, 1.807) is 43.0 Å². The first-order chi connectivity index (χ1) is 15.2. The highest BCUT2D eigenvalue weighted by Crippen LogP contribution is 2.26. The summed E-state index contributed by atoms with van der Waals surface area (Å²) in [5.41, 5.74) is 3.92. The fraction of sp³-hybridized carbons (Fsp3) is 0.0870. The highest BCUT2D eigenvalue weighted by molar-refractivity contribution is 5.95. The molecule has 8 heteroatoms. The first-order valence-corrected chi connectivity index (χ1v) is 9.62. The van der Waals surface area contributed by atoms with Crippen LogP contribution in [0.15, 0.2) is 79.4 Å². The van der Waals surface area contributed by atoms with Gasteiger partial charge in [0, 0.05) is 36.4 Å².